The molecule has 3 heterocycles. The third-order valence-electron chi connectivity index (χ3n) is 8.45. The fourth-order valence-corrected chi connectivity index (χ4v) is 6.05. The largest absolute Gasteiger partial charge is 0.488 e. The molecule has 1 saturated heterocycles. The summed E-state index contributed by atoms with van der Waals surface area (Å²) in [6.07, 6.45) is -5.63. The zero-order valence-corrected chi connectivity index (χ0v) is 29.7. The molecule has 2 aliphatic rings. The summed E-state index contributed by atoms with van der Waals surface area (Å²) in [6, 6.07) is 7.97. The summed E-state index contributed by atoms with van der Waals surface area (Å²) < 4.78 is 45.2. The van der Waals surface area contributed by atoms with E-state index >= 15 is 0 Å². The molecule has 2 aromatic carbocycles. The molecule has 16 heteroatoms. The van der Waals surface area contributed by atoms with Crippen LogP contribution in [0.1, 0.15) is 69.4 Å². The number of benzene rings is 2. The first-order valence-electron chi connectivity index (χ1n) is 16.4. The van der Waals surface area contributed by atoms with Gasteiger partial charge in [0.2, 0.25) is 12.4 Å². The Morgan fingerprint density at radius 3 is 2.21 bits per heavy atom. The van der Waals surface area contributed by atoms with Gasteiger partial charge in [-0.2, -0.15) is 0 Å². The van der Waals surface area contributed by atoms with Crippen molar-refractivity contribution >= 4 is 52.1 Å². The van der Waals surface area contributed by atoms with Crippen molar-refractivity contribution in [3.05, 3.63) is 57.4 Å². The Labute approximate surface area is 297 Å². The first-order valence-corrected chi connectivity index (χ1v) is 16.4. The van der Waals surface area contributed by atoms with Gasteiger partial charge in [-0.25, -0.2) is 4.79 Å². The number of anilines is 2. The molecule has 52 heavy (non-hydrogen) atoms. The maximum Gasteiger partial charge on any atom is 0.362 e. The number of nitrogens with one attached hydrogen (secondary N) is 1. The second-order valence-corrected chi connectivity index (χ2v) is 13.1. The Morgan fingerprint density at radius 1 is 0.904 bits per heavy atom. The highest BCUT2D eigenvalue weighted by Crippen LogP contribution is 2.37. The number of nitrogens with two attached hydrogens (primary N) is 1. The molecule has 0 aliphatic carbocycles. The Balaban J connectivity index is 1.46. The van der Waals surface area contributed by atoms with Gasteiger partial charge < -0.3 is 48.6 Å². The lowest BCUT2D eigenvalue weighted by Crippen LogP contribution is -2.63. The van der Waals surface area contributed by atoms with E-state index in [0.717, 1.165) is 39.7 Å². The molecule has 1 amide bonds. The van der Waals surface area contributed by atoms with E-state index in [1.165, 1.54) is 12.1 Å². The topological polar surface area (TPSA) is 218 Å². The number of aryl methyl sites for hydroxylation is 2. The molecule has 0 saturated carbocycles. The van der Waals surface area contributed by atoms with Crippen LogP contribution in [0.15, 0.2) is 39.5 Å². The minimum atomic E-state index is -1.53. The second-order valence-electron chi connectivity index (χ2n) is 13.1. The molecule has 0 bridgehead atoms. The van der Waals surface area contributed by atoms with Crippen LogP contribution in [0.5, 0.6) is 11.5 Å². The van der Waals surface area contributed by atoms with E-state index in [4.69, 9.17) is 43.3 Å². The van der Waals surface area contributed by atoms with Crippen LogP contribution in [0.2, 0.25) is 0 Å². The first kappa shape index (κ1) is 37.6. The summed E-state index contributed by atoms with van der Waals surface area (Å²) in [5.41, 5.74) is 6.26. The molecule has 1 fully saturated rings. The van der Waals surface area contributed by atoms with Crippen LogP contribution >= 0.6 is 0 Å². The number of hydrogen-bond donors (Lipinski definition) is 2. The van der Waals surface area contributed by atoms with Crippen molar-refractivity contribution < 1.29 is 61.5 Å². The van der Waals surface area contributed by atoms with E-state index in [1.54, 1.807) is 25.1 Å². The highest BCUT2D eigenvalue weighted by atomic mass is 16.7. The number of carbonyl (C=O) groups excluding carboxylic acids is 5. The van der Waals surface area contributed by atoms with Crippen molar-refractivity contribution in [2.75, 3.05) is 17.7 Å². The molecule has 2 aliphatic heterocycles. The number of fused-ring (bicyclic) bond motifs is 2. The average molecular weight is 725 g/mol. The third-order valence-corrected chi connectivity index (χ3v) is 8.45. The maximum atomic E-state index is 13.3. The number of rotatable bonds is 9. The zero-order chi connectivity index (χ0) is 38.1. The molecule has 5 atom stereocenters. The monoisotopic (exact) mass is 724 g/mol. The Hall–Kier alpha value is -5.64. The number of hydrogen-bond acceptors (Lipinski definition) is 15. The van der Waals surface area contributed by atoms with Gasteiger partial charge in [0, 0.05) is 44.2 Å². The quantitative estimate of drug-likeness (QED) is 0.183. The van der Waals surface area contributed by atoms with E-state index < -0.39 is 72.7 Å². The summed E-state index contributed by atoms with van der Waals surface area (Å²) in [6.45, 7) is 9.55. The summed E-state index contributed by atoms with van der Waals surface area (Å²) in [5, 5.41) is 2.84. The highest BCUT2D eigenvalue weighted by Gasteiger charge is 2.53. The number of carbonyl (C=O) groups is 5. The zero-order valence-electron chi connectivity index (χ0n) is 29.7. The SMILES string of the molecule is CC(=O)OC[C@H]1O[C@@H](Oc2ccc3c(N)c(NC(=O)c4ccc5c(c4)CCC(C)(C)O5)c(=O)oc3c2C)[C@H](OC(C)=O)[C@@H](OC(C)=O)[C@@H]1OC(C)=O. The average Bonchev–Trinajstić information content (AvgIpc) is 3.05. The summed E-state index contributed by atoms with van der Waals surface area (Å²) >= 11 is 0. The van der Waals surface area contributed by atoms with Crippen LogP contribution in [0.25, 0.3) is 11.0 Å². The molecule has 278 valence electrons. The van der Waals surface area contributed by atoms with Gasteiger partial charge in [-0.05, 0) is 69.5 Å². The van der Waals surface area contributed by atoms with Gasteiger partial charge in [0.05, 0.1) is 5.69 Å². The van der Waals surface area contributed by atoms with Crippen molar-refractivity contribution in [2.24, 2.45) is 0 Å². The summed E-state index contributed by atoms with van der Waals surface area (Å²) in [5.74, 6) is -2.90. The third kappa shape index (κ3) is 8.28. The lowest BCUT2D eigenvalue weighted by Gasteiger charge is -2.44. The molecule has 3 aromatic rings. The molecule has 0 radical (unpaired) electrons. The normalized spacial score (nSPS) is 21.9. The van der Waals surface area contributed by atoms with Crippen molar-refractivity contribution in [2.45, 2.75) is 97.6 Å². The summed E-state index contributed by atoms with van der Waals surface area (Å²) in [4.78, 5) is 74.6. The smallest absolute Gasteiger partial charge is 0.362 e. The molecule has 0 unspecified atom stereocenters. The molecule has 16 nitrogen and oxygen atoms in total. The number of amides is 1. The molecule has 0 spiro atoms. The lowest BCUT2D eigenvalue weighted by molar-refractivity contribution is -0.288. The maximum absolute atomic E-state index is 13.3. The van der Waals surface area contributed by atoms with E-state index in [0.29, 0.717) is 17.7 Å². The van der Waals surface area contributed by atoms with Crippen LogP contribution in [0.4, 0.5) is 11.4 Å². The van der Waals surface area contributed by atoms with Gasteiger partial charge in [-0.1, -0.05) is 0 Å². The number of ether oxygens (including phenoxy) is 7. The van der Waals surface area contributed by atoms with E-state index in [2.05, 4.69) is 5.32 Å². The molecule has 1 aromatic heterocycles. The van der Waals surface area contributed by atoms with Crippen molar-refractivity contribution in [3.63, 3.8) is 0 Å². The predicted octanol–water partition coefficient (Wildman–Crippen LogP) is 3.50. The van der Waals surface area contributed by atoms with Crippen LogP contribution in [0, 0.1) is 6.92 Å². The first-order chi connectivity index (χ1) is 24.4. The van der Waals surface area contributed by atoms with Crippen molar-refractivity contribution in [1.82, 2.24) is 0 Å². The molecule has 3 N–H and O–H groups in total. The lowest BCUT2D eigenvalue weighted by atomic mass is 9.93. The van der Waals surface area contributed by atoms with Gasteiger partial charge in [-0.15, -0.1) is 0 Å². The van der Waals surface area contributed by atoms with Gasteiger partial charge in [0.1, 0.15) is 35.4 Å². The van der Waals surface area contributed by atoms with E-state index in [-0.39, 0.29) is 39.3 Å². The standard InChI is InChI=1S/C36H40N2O14/c1-16-24(49-35-32(48-20(5)42)31(47-19(4)41)30(46-18(3)40)26(50-35)15-45-17(2)39)11-9-23-27(37)28(34(44)51-29(16)23)38-33(43)22-8-10-25-21(14-22)12-13-36(6,7)52-25/h8-11,14,26,30-32,35H,12-13,15,37H2,1-7H3,(H,38,43)/t26-,30-,31+,32-,35-/m1/s1. The van der Waals surface area contributed by atoms with Crippen molar-refractivity contribution in [3.8, 4) is 11.5 Å². The van der Waals surface area contributed by atoms with Crippen LogP contribution in [0.3, 0.4) is 0 Å². The van der Waals surface area contributed by atoms with Gasteiger partial charge in [0.15, 0.2) is 17.9 Å². The highest BCUT2D eigenvalue weighted by molar-refractivity contribution is 6.08. The summed E-state index contributed by atoms with van der Waals surface area (Å²) in [7, 11) is 0. The van der Waals surface area contributed by atoms with Crippen LogP contribution in [-0.4, -0.2) is 72.7 Å². The van der Waals surface area contributed by atoms with Gasteiger partial charge >= 0.3 is 29.5 Å². The minimum absolute atomic E-state index is 0.0113. The molecule has 5 rings (SSSR count). The number of esters is 4. The van der Waals surface area contributed by atoms with Crippen LogP contribution in [-0.2, 0) is 49.3 Å². The van der Waals surface area contributed by atoms with Gasteiger partial charge in [0.25, 0.3) is 5.91 Å². The number of nitrogen functional groups attached to an aromatic ring is 1. The minimum Gasteiger partial charge on any atom is -0.488 e. The fraction of sp³-hybridized carbons (Fsp3) is 0.444. The Bertz CT molecular complexity index is 1990. The Kier molecular flexibility index (Phi) is 10.8. The van der Waals surface area contributed by atoms with E-state index in [9.17, 15) is 28.8 Å². The van der Waals surface area contributed by atoms with E-state index in [1.807, 2.05) is 13.8 Å². The fourth-order valence-electron chi connectivity index (χ4n) is 6.05. The second kappa shape index (κ2) is 14.9. The Morgan fingerprint density at radius 2 is 1.56 bits per heavy atom. The van der Waals surface area contributed by atoms with Gasteiger partial charge in [-0.3, -0.25) is 24.0 Å². The predicted molar refractivity (Wildman–Crippen MR) is 182 cm³/mol. The van der Waals surface area contributed by atoms with Crippen molar-refractivity contribution in [1.29, 1.82) is 0 Å². The molecular weight excluding hydrogens is 684 g/mol. The molecular formula is C36H40N2O14. The van der Waals surface area contributed by atoms with Crippen LogP contribution < -0.4 is 26.1 Å².